The second kappa shape index (κ2) is 9.19. The Morgan fingerprint density at radius 2 is 2.08 bits per heavy atom. The number of non-ortho nitro benzene ring substituents is 1. The van der Waals surface area contributed by atoms with E-state index < -0.39 is 4.92 Å². The molecule has 0 amide bonds. The maximum atomic E-state index is 10.7. The van der Waals surface area contributed by atoms with Crippen molar-refractivity contribution in [1.82, 2.24) is 10.2 Å². The lowest BCUT2D eigenvalue weighted by Gasteiger charge is -2.32. The van der Waals surface area contributed by atoms with Crippen molar-refractivity contribution in [2.24, 2.45) is 4.99 Å². The number of guanidine groups is 1. The Balaban J connectivity index is 2.01. The van der Waals surface area contributed by atoms with Crippen LogP contribution in [-0.2, 0) is 11.3 Å². The van der Waals surface area contributed by atoms with Gasteiger partial charge in [0.25, 0.3) is 5.69 Å². The standard InChI is InChI=1S/C16H24N4O4/c1-24-11-8-17-16(19-9-6-15(21)7-10-19)18-12-13-2-4-14(5-3-13)20(22)23/h2-5,15,21H,6-12H2,1H3,(H,17,18). The number of hydrogen-bond donors (Lipinski definition) is 2. The van der Waals surface area contributed by atoms with Crippen LogP contribution in [-0.4, -0.2) is 60.3 Å². The summed E-state index contributed by atoms with van der Waals surface area (Å²) in [5.41, 5.74) is 0.981. The van der Waals surface area contributed by atoms with Crippen LogP contribution < -0.4 is 5.32 Å². The summed E-state index contributed by atoms with van der Waals surface area (Å²) >= 11 is 0. The average Bonchev–Trinajstić information content (AvgIpc) is 2.59. The molecule has 0 bridgehead atoms. The van der Waals surface area contributed by atoms with E-state index in [9.17, 15) is 15.2 Å². The second-order valence-corrected chi connectivity index (χ2v) is 5.70. The van der Waals surface area contributed by atoms with E-state index in [1.807, 2.05) is 0 Å². The minimum Gasteiger partial charge on any atom is -0.393 e. The molecule has 0 unspecified atom stereocenters. The highest BCUT2D eigenvalue weighted by molar-refractivity contribution is 5.80. The highest BCUT2D eigenvalue weighted by atomic mass is 16.6. The zero-order valence-electron chi connectivity index (χ0n) is 13.9. The van der Waals surface area contributed by atoms with Crippen LogP contribution in [0.1, 0.15) is 18.4 Å². The Bertz CT molecular complexity index is 554. The second-order valence-electron chi connectivity index (χ2n) is 5.70. The Morgan fingerprint density at radius 3 is 2.67 bits per heavy atom. The molecule has 1 saturated heterocycles. The predicted octanol–water partition coefficient (Wildman–Crippen LogP) is 1.14. The minimum atomic E-state index is -0.413. The van der Waals surface area contributed by atoms with Gasteiger partial charge in [-0.05, 0) is 18.4 Å². The number of benzene rings is 1. The van der Waals surface area contributed by atoms with E-state index in [0.29, 0.717) is 19.7 Å². The Morgan fingerprint density at radius 1 is 1.42 bits per heavy atom. The number of nitrogens with zero attached hydrogens (tertiary/aromatic N) is 3. The molecular weight excluding hydrogens is 312 g/mol. The number of nitro groups is 1. The molecule has 1 aromatic carbocycles. The third-order valence-electron chi connectivity index (χ3n) is 3.91. The molecule has 132 valence electrons. The monoisotopic (exact) mass is 336 g/mol. The fourth-order valence-corrected chi connectivity index (χ4v) is 2.50. The van der Waals surface area contributed by atoms with Crippen molar-refractivity contribution in [3.8, 4) is 0 Å². The number of likely N-dealkylation sites (tertiary alicyclic amines) is 1. The van der Waals surface area contributed by atoms with Crippen molar-refractivity contribution in [2.75, 3.05) is 33.4 Å². The molecule has 8 nitrogen and oxygen atoms in total. The van der Waals surface area contributed by atoms with E-state index >= 15 is 0 Å². The molecule has 0 saturated carbocycles. The summed E-state index contributed by atoms with van der Waals surface area (Å²) < 4.78 is 5.06. The zero-order chi connectivity index (χ0) is 17.4. The van der Waals surface area contributed by atoms with Crippen molar-refractivity contribution in [3.05, 3.63) is 39.9 Å². The van der Waals surface area contributed by atoms with E-state index in [4.69, 9.17) is 4.74 Å². The number of rotatable bonds is 6. The first-order chi connectivity index (χ1) is 11.6. The minimum absolute atomic E-state index is 0.0752. The molecule has 0 aromatic heterocycles. The van der Waals surface area contributed by atoms with Crippen molar-refractivity contribution in [2.45, 2.75) is 25.5 Å². The Labute approximate surface area is 141 Å². The van der Waals surface area contributed by atoms with Gasteiger partial charge in [-0.25, -0.2) is 4.99 Å². The van der Waals surface area contributed by atoms with E-state index in [0.717, 1.165) is 37.5 Å². The van der Waals surface area contributed by atoms with Crippen LogP contribution in [0.5, 0.6) is 0 Å². The van der Waals surface area contributed by atoms with Crippen LogP contribution in [0, 0.1) is 10.1 Å². The fourth-order valence-electron chi connectivity index (χ4n) is 2.50. The van der Waals surface area contributed by atoms with Gasteiger partial charge in [0.15, 0.2) is 5.96 Å². The molecule has 0 spiro atoms. The van der Waals surface area contributed by atoms with Crippen LogP contribution in [0.4, 0.5) is 5.69 Å². The lowest BCUT2D eigenvalue weighted by molar-refractivity contribution is -0.384. The lowest BCUT2D eigenvalue weighted by atomic mass is 10.1. The summed E-state index contributed by atoms with van der Waals surface area (Å²) in [4.78, 5) is 17.0. The number of piperidine rings is 1. The summed E-state index contributed by atoms with van der Waals surface area (Å²) in [6, 6.07) is 6.41. The van der Waals surface area contributed by atoms with Gasteiger partial charge in [0, 0.05) is 38.9 Å². The fraction of sp³-hybridized carbons (Fsp3) is 0.562. The SMILES string of the molecule is COCCNC(=NCc1ccc([N+](=O)[O-])cc1)N1CCC(O)CC1. The third kappa shape index (κ3) is 5.47. The van der Waals surface area contributed by atoms with Gasteiger partial charge in [0.05, 0.1) is 24.2 Å². The highest BCUT2D eigenvalue weighted by Crippen LogP contribution is 2.14. The number of hydrogen-bond acceptors (Lipinski definition) is 5. The molecule has 1 aliphatic heterocycles. The van der Waals surface area contributed by atoms with Gasteiger partial charge in [-0.1, -0.05) is 12.1 Å². The number of aliphatic imine (C=N–C) groups is 1. The van der Waals surface area contributed by atoms with Crippen molar-refractivity contribution in [3.63, 3.8) is 0 Å². The molecule has 0 radical (unpaired) electrons. The Hall–Kier alpha value is -2.19. The number of nitrogens with one attached hydrogen (secondary N) is 1. The maximum Gasteiger partial charge on any atom is 0.269 e. The molecule has 2 N–H and O–H groups in total. The smallest absolute Gasteiger partial charge is 0.269 e. The molecule has 24 heavy (non-hydrogen) atoms. The van der Waals surface area contributed by atoms with Crippen LogP contribution >= 0.6 is 0 Å². The van der Waals surface area contributed by atoms with E-state index in [1.165, 1.54) is 12.1 Å². The van der Waals surface area contributed by atoms with Gasteiger partial charge in [0.2, 0.25) is 0 Å². The zero-order valence-corrected chi connectivity index (χ0v) is 13.9. The summed E-state index contributed by atoms with van der Waals surface area (Å²) in [7, 11) is 1.65. The maximum absolute atomic E-state index is 10.7. The highest BCUT2D eigenvalue weighted by Gasteiger charge is 2.19. The first-order valence-electron chi connectivity index (χ1n) is 8.03. The Kier molecular flexibility index (Phi) is 6.95. The number of aliphatic hydroxyl groups is 1. The van der Waals surface area contributed by atoms with Gasteiger partial charge < -0.3 is 20.1 Å². The normalized spacial score (nSPS) is 16.2. The lowest BCUT2D eigenvalue weighted by Crippen LogP contribution is -2.47. The molecule has 1 aliphatic rings. The summed E-state index contributed by atoms with van der Waals surface area (Å²) in [5.74, 6) is 0.775. The van der Waals surface area contributed by atoms with Crippen molar-refractivity contribution in [1.29, 1.82) is 0 Å². The van der Waals surface area contributed by atoms with E-state index in [2.05, 4.69) is 15.2 Å². The van der Waals surface area contributed by atoms with Gasteiger partial charge >= 0.3 is 0 Å². The number of aliphatic hydroxyl groups excluding tert-OH is 1. The predicted molar refractivity (Wildman–Crippen MR) is 90.9 cm³/mol. The van der Waals surface area contributed by atoms with Gasteiger partial charge in [-0.15, -0.1) is 0 Å². The summed E-state index contributed by atoms with van der Waals surface area (Å²) in [5, 5.41) is 23.6. The van der Waals surface area contributed by atoms with Crippen LogP contribution in [0.15, 0.2) is 29.3 Å². The molecule has 8 heteroatoms. The van der Waals surface area contributed by atoms with Crippen LogP contribution in [0.25, 0.3) is 0 Å². The van der Waals surface area contributed by atoms with Crippen molar-refractivity contribution >= 4 is 11.6 Å². The topological polar surface area (TPSA) is 100 Å². The quantitative estimate of drug-likeness (QED) is 0.266. The number of nitro benzene ring substituents is 1. The number of methoxy groups -OCH3 is 1. The average molecular weight is 336 g/mol. The van der Waals surface area contributed by atoms with Gasteiger partial charge in [-0.2, -0.15) is 0 Å². The number of ether oxygens (including phenoxy) is 1. The van der Waals surface area contributed by atoms with E-state index in [1.54, 1.807) is 19.2 Å². The molecule has 1 fully saturated rings. The molecule has 0 atom stereocenters. The largest absolute Gasteiger partial charge is 0.393 e. The first-order valence-corrected chi connectivity index (χ1v) is 8.03. The summed E-state index contributed by atoms with van der Waals surface area (Å²) in [6.07, 6.45) is 1.21. The molecular formula is C16H24N4O4. The first kappa shape index (κ1) is 18.2. The van der Waals surface area contributed by atoms with E-state index in [-0.39, 0.29) is 11.8 Å². The molecule has 0 aliphatic carbocycles. The van der Waals surface area contributed by atoms with Crippen molar-refractivity contribution < 1.29 is 14.8 Å². The van der Waals surface area contributed by atoms with Crippen LogP contribution in [0.2, 0.25) is 0 Å². The van der Waals surface area contributed by atoms with Gasteiger partial charge in [-0.3, -0.25) is 10.1 Å². The summed E-state index contributed by atoms with van der Waals surface area (Å²) in [6.45, 7) is 3.16. The molecule has 2 rings (SSSR count). The molecule has 1 heterocycles. The van der Waals surface area contributed by atoms with Gasteiger partial charge in [0.1, 0.15) is 0 Å². The molecule has 1 aromatic rings. The van der Waals surface area contributed by atoms with Crippen LogP contribution in [0.3, 0.4) is 0 Å². The third-order valence-corrected chi connectivity index (χ3v) is 3.91.